The van der Waals surface area contributed by atoms with Gasteiger partial charge in [-0.3, -0.25) is 10.1 Å². The number of benzene rings is 2. The maximum absolute atomic E-state index is 13.3. The molecule has 0 aliphatic carbocycles. The fourth-order valence-corrected chi connectivity index (χ4v) is 2.14. The molecule has 2 aromatic carbocycles. The molecule has 24 heavy (non-hydrogen) atoms. The molecular formula is C15H12F4N2O3. The number of halogens is 4. The number of para-hydroxylation sites is 1. The molecule has 2 N–H and O–H groups in total. The van der Waals surface area contributed by atoms with Crippen LogP contribution < -0.4 is 5.32 Å². The molecule has 0 bridgehead atoms. The van der Waals surface area contributed by atoms with Crippen molar-refractivity contribution in [2.75, 3.05) is 5.32 Å². The first-order valence-corrected chi connectivity index (χ1v) is 6.70. The van der Waals surface area contributed by atoms with Crippen LogP contribution in [0.4, 0.5) is 28.9 Å². The molecule has 0 unspecified atom stereocenters. The van der Waals surface area contributed by atoms with Crippen LogP contribution in [0, 0.1) is 15.9 Å². The summed E-state index contributed by atoms with van der Waals surface area (Å²) in [4.78, 5) is 10.2. The summed E-state index contributed by atoms with van der Waals surface area (Å²) < 4.78 is 51.3. The quantitative estimate of drug-likeness (QED) is 0.489. The highest BCUT2D eigenvalue weighted by Crippen LogP contribution is 2.36. The predicted octanol–water partition coefficient (Wildman–Crippen LogP) is 3.94. The van der Waals surface area contributed by atoms with E-state index in [-0.39, 0.29) is 23.5 Å². The van der Waals surface area contributed by atoms with E-state index < -0.39 is 28.6 Å². The summed E-state index contributed by atoms with van der Waals surface area (Å²) in [7, 11) is 0. The van der Waals surface area contributed by atoms with Crippen LogP contribution in [-0.4, -0.2) is 16.2 Å². The number of aliphatic hydroxyl groups is 1. The molecule has 9 heteroatoms. The molecule has 0 spiro atoms. The van der Waals surface area contributed by atoms with Crippen molar-refractivity contribution in [3.8, 4) is 0 Å². The lowest BCUT2D eigenvalue weighted by Gasteiger charge is -2.19. The Balaban J connectivity index is 2.28. The molecule has 2 rings (SSSR count). The monoisotopic (exact) mass is 344 g/mol. The second kappa shape index (κ2) is 6.83. The number of nitro groups is 1. The molecule has 1 atom stereocenters. The van der Waals surface area contributed by atoms with E-state index in [1.54, 1.807) is 0 Å². The zero-order valence-corrected chi connectivity index (χ0v) is 12.0. The molecule has 0 saturated heterocycles. The summed E-state index contributed by atoms with van der Waals surface area (Å²) in [5, 5.41) is 22.9. The first kappa shape index (κ1) is 17.7. The highest BCUT2D eigenvalue weighted by molar-refractivity contribution is 5.54. The van der Waals surface area contributed by atoms with Crippen molar-refractivity contribution in [2.45, 2.75) is 18.8 Å². The van der Waals surface area contributed by atoms with Gasteiger partial charge in [0.15, 0.2) is 6.10 Å². The van der Waals surface area contributed by atoms with Crippen LogP contribution in [-0.2, 0) is 6.54 Å². The predicted molar refractivity (Wildman–Crippen MR) is 77.8 cm³/mol. The minimum Gasteiger partial charge on any atom is -0.380 e. The minimum atomic E-state index is -4.86. The Morgan fingerprint density at radius 1 is 1.21 bits per heavy atom. The molecule has 0 aliphatic rings. The second-order valence-corrected chi connectivity index (χ2v) is 4.92. The lowest BCUT2D eigenvalue weighted by atomic mass is 10.1. The van der Waals surface area contributed by atoms with Crippen molar-refractivity contribution in [1.29, 1.82) is 0 Å². The number of nitrogens with one attached hydrogen (secondary N) is 1. The Labute approximate surface area is 133 Å². The van der Waals surface area contributed by atoms with Crippen molar-refractivity contribution in [3.63, 3.8) is 0 Å². The van der Waals surface area contributed by atoms with Crippen LogP contribution in [0.15, 0.2) is 42.5 Å². The van der Waals surface area contributed by atoms with E-state index in [1.807, 2.05) is 0 Å². The molecule has 2 aromatic rings. The van der Waals surface area contributed by atoms with E-state index in [1.165, 1.54) is 18.2 Å². The topological polar surface area (TPSA) is 75.4 Å². The number of nitrogens with zero attached hydrogens (tertiary/aromatic N) is 1. The van der Waals surface area contributed by atoms with Gasteiger partial charge in [0, 0.05) is 23.9 Å². The first-order valence-electron chi connectivity index (χ1n) is 6.70. The van der Waals surface area contributed by atoms with Gasteiger partial charge >= 0.3 is 6.18 Å². The Kier molecular flexibility index (Phi) is 5.03. The van der Waals surface area contributed by atoms with Gasteiger partial charge < -0.3 is 10.4 Å². The molecule has 128 valence electrons. The highest BCUT2D eigenvalue weighted by Gasteiger charge is 2.40. The Bertz CT molecular complexity index is 750. The zero-order valence-electron chi connectivity index (χ0n) is 12.0. The van der Waals surface area contributed by atoms with Crippen molar-refractivity contribution in [3.05, 3.63) is 69.5 Å². The smallest absolute Gasteiger partial charge is 0.380 e. The standard InChI is InChI=1S/C15H12F4N2O3/c16-10-5-6-13(21(23)24)9(7-10)8-20-12-4-2-1-3-11(12)14(22)15(17,18)19/h1-7,14,20,22H,8H2/t14-/m0/s1. The van der Waals surface area contributed by atoms with Gasteiger partial charge in [-0.25, -0.2) is 4.39 Å². The molecular weight excluding hydrogens is 332 g/mol. The average molecular weight is 344 g/mol. The summed E-state index contributed by atoms with van der Waals surface area (Å²) in [6.45, 7) is -0.282. The maximum Gasteiger partial charge on any atom is 0.418 e. The number of rotatable bonds is 5. The lowest BCUT2D eigenvalue weighted by molar-refractivity contribution is -0.385. The van der Waals surface area contributed by atoms with Crippen LogP contribution in [0.2, 0.25) is 0 Å². The summed E-state index contributed by atoms with van der Waals surface area (Å²) in [5.41, 5.74) is -0.876. The van der Waals surface area contributed by atoms with Gasteiger partial charge in [0.1, 0.15) is 5.82 Å². The molecule has 0 saturated carbocycles. The average Bonchev–Trinajstić information content (AvgIpc) is 2.51. The third-order valence-electron chi connectivity index (χ3n) is 3.27. The molecule has 0 amide bonds. The fourth-order valence-electron chi connectivity index (χ4n) is 2.14. The zero-order chi connectivity index (χ0) is 17.9. The van der Waals surface area contributed by atoms with E-state index >= 15 is 0 Å². The number of nitro benzene ring substituents is 1. The van der Waals surface area contributed by atoms with Gasteiger partial charge in [-0.15, -0.1) is 0 Å². The van der Waals surface area contributed by atoms with Crippen molar-refractivity contribution < 1.29 is 27.6 Å². The van der Waals surface area contributed by atoms with Gasteiger partial charge in [-0.2, -0.15) is 13.2 Å². The van der Waals surface area contributed by atoms with Crippen molar-refractivity contribution in [2.24, 2.45) is 0 Å². The summed E-state index contributed by atoms with van der Waals surface area (Å²) in [6, 6.07) is 7.95. The number of hydrogen-bond donors (Lipinski definition) is 2. The number of alkyl halides is 3. The SMILES string of the molecule is O=[N+]([O-])c1ccc(F)cc1CNc1ccccc1[C@H](O)C(F)(F)F. The van der Waals surface area contributed by atoms with Crippen molar-refractivity contribution >= 4 is 11.4 Å². The minimum absolute atomic E-state index is 0.0312. The Morgan fingerprint density at radius 3 is 2.50 bits per heavy atom. The van der Waals surface area contributed by atoms with E-state index in [0.717, 1.165) is 24.3 Å². The van der Waals surface area contributed by atoms with Gasteiger partial charge in [0.2, 0.25) is 0 Å². The van der Waals surface area contributed by atoms with Crippen LogP contribution in [0.25, 0.3) is 0 Å². The summed E-state index contributed by atoms with van der Waals surface area (Å²) in [5.74, 6) is -0.707. The maximum atomic E-state index is 13.3. The summed E-state index contributed by atoms with van der Waals surface area (Å²) >= 11 is 0. The van der Waals surface area contributed by atoms with Gasteiger partial charge in [-0.05, 0) is 18.2 Å². The largest absolute Gasteiger partial charge is 0.418 e. The molecule has 0 aliphatic heterocycles. The number of hydrogen-bond acceptors (Lipinski definition) is 4. The number of anilines is 1. The van der Waals surface area contributed by atoms with Crippen LogP contribution in [0.3, 0.4) is 0 Å². The normalized spacial score (nSPS) is 12.7. The molecule has 0 fully saturated rings. The van der Waals surface area contributed by atoms with Gasteiger partial charge in [0.25, 0.3) is 5.69 Å². The first-order chi connectivity index (χ1) is 11.2. The van der Waals surface area contributed by atoms with E-state index in [4.69, 9.17) is 0 Å². The Hall–Kier alpha value is -2.68. The number of aliphatic hydroxyl groups excluding tert-OH is 1. The van der Waals surface area contributed by atoms with Gasteiger partial charge in [-0.1, -0.05) is 18.2 Å². The fraction of sp³-hybridized carbons (Fsp3) is 0.200. The van der Waals surface area contributed by atoms with E-state index in [0.29, 0.717) is 0 Å². The van der Waals surface area contributed by atoms with Crippen LogP contribution in [0.1, 0.15) is 17.2 Å². The van der Waals surface area contributed by atoms with E-state index in [2.05, 4.69) is 5.32 Å². The second-order valence-electron chi connectivity index (χ2n) is 4.92. The molecule has 0 heterocycles. The molecule has 0 radical (unpaired) electrons. The van der Waals surface area contributed by atoms with Crippen LogP contribution in [0.5, 0.6) is 0 Å². The van der Waals surface area contributed by atoms with Crippen molar-refractivity contribution in [1.82, 2.24) is 0 Å². The molecule has 0 aromatic heterocycles. The lowest BCUT2D eigenvalue weighted by Crippen LogP contribution is -2.21. The summed E-state index contributed by atoms with van der Waals surface area (Å²) in [6.07, 6.45) is -7.56. The third kappa shape index (κ3) is 3.99. The third-order valence-corrected chi connectivity index (χ3v) is 3.27. The highest BCUT2D eigenvalue weighted by atomic mass is 19.4. The van der Waals surface area contributed by atoms with Crippen LogP contribution >= 0.6 is 0 Å². The van der Waals surface area contributed by atoms with Gasteiger partial charge in [0.05, 0.1) is 10.5 Å². The Morgan fingerprint density at radius 2 is 1.88 bits per heavy atom. The van der Waals surface area contributed by atoms with E-state index in [9.17, 15) is 32.8 Å². The molecule has 5 nitrogen and oxygen atoms in total.